The van der Waals surface area contributed by atoms with Gasteiger partial charge in [0.15, 0.2) is 6.29 Å². The molecule has 4 atom stereocenters. The predicted octanol–water partition coefficient (Wildman–Crippen LogP) is -0.120. The van der Waals surface area contributed by atoms with Crippen molar-refractivity contribution in [1.29, 1.82) is 0 Å². The van der Waals surface area contributed by atoms with E-state index >= 15 is 0 Å². The Kier molecular flexibility index (Phi) is 2.73. The first-order valence-electron chi connectivity index (χ1n) is 4.06. The molecule has 4 heteroatoms. The van der Waals surface area contributed by atoms with E-state index in [0.717, 1.165) is 0 Å². The Bertz CT molecular complexity index is 157. The van der Waals surface area contributed by atoms with Crippen molar-refractivity contribution in [3.8, 4) is 0 Å². The summed E-state index contributed by atoms with van der Waals surface area (Å²) in [5.41, 5.74) is -1.11. The van der Waals surface area contributed by atoms with E-state index in [9.17, 15) is 10.2 Å². The van der Waals surface area contributed by atoms with Crippen molar-refractivity contribution in [3.05, 3.63) is 0 Å². The van der Waals surface area contributed by atoms with Crippen LogP contribution in [-0.4, -0.2) is 41.4 Å². The maximum absolute atomic E-state index is 9.70. The highest BCUT2D eigenvalue weighted by Gasteiger charge is 2.43. The summed E-state index contributed by atoms with van der Waals surface area (Å²) in [5.74, 6) is 0. The lowest BCUT2D eigenvalue weighted by Crippen LogP contribution is -2.55. The van der Waals surface area contributed by atoms with Crippen LogP contribution in [0.25, 0.3) is 0 Å². The molecule has 0 spiro atoms. The minimum absolute atomic E-state index is 0.0895. The van der Waals surface area contributed by atoms with Crippen molar-refractivity contribution in [2.24, 2.45) is 0 Å². The molecule has 0 amide bonds. The monoisotopic (exact) mass is 176 g/mol. The lowest BCUT2D eigenvalue weighted by atomic mass is 9.89. The summed E-state index contributed by atoms with van der Waals surface area (Å²) in [6, 6.07) is 0. The molecule has 0 aromatic rings. The van der Waals surface area contributed by atoms with Crippen molar-refractivity contribution in [1.82, 2.24) is 0 Å². The fourth-order valence-corrected chi connectivity index (χ4v) is 1.53. The number of methoxy groups -OCH3 is 1. The van der Waals surface area contributed by atoms with Crippen molar-refractivity contribution in [2.75, 3.05) is 7.11 Å². The van der Waals surface area contributed by atoms with E-state index in [2.05, 4.69) is 0 Å². The van der Waals surface area contributed by atoms with Crippen molar-refractivity contribution >= 4 is 0 Å². The summed E-state index contributed by atoms with van der Waals surface area (Å²) in [6.45, 7) is 3.43. The summed E-state index contributed by atoms with van der Waals surface area (Å²) >= 11 is 0. The standard InChI is InChI=1S/C8H16O4/c1-5-4-8(2,10)6(9)7(11-3)12-5/h5-7,9-10H,4H2,1-3H3/t5-,6-,7+,8+/m0/s1. The predicted molar refractivity (Wildman–Crippen MR) is 42.6 cm³/mol. The zero-order chi connectivity index (χ0) is 9.35. The van der Waals surface area contributed by atoms with Crippen LogP contribution in [0.2, 0.25) is 0 Å². The first kappa shape index (κ1) is 9.92. The van der Waals surface area contributed by atoms with Crippen LogP contribution in [0.5, 0.6) is 0 Å². The first-order chi connectivity index (χ1) is 5.47. The molecule has 0 aromatic carbocycles. The molecule has 0 saturated carbocycles. The van der Waals surface area contributed by atoms with Gasteiger partial charge in [-0.25, -0.2) is 0 Å². The van der Waals surface area contributed by atoms with E-state index < -0.39 is 18.0 Å². The Morgan fingerprint density at radius 2 is 2.17 bits per heavy atom. The summed E-state index contributed by atoms with van der Waals surface area (Å²) < 4.78 is 10.1. The third-order valence-electron chi connectivity index (χ3n) is 2.19. The van der Waals surface area contributed by atoms with Gasteiger partial charge in [-0.1, -0.05) is 0 Å². The highest BCUT2D eigenvalue weighted by atomic mass is 16.7. The normalized spacial score (nSPS) is 49.2. The maximum Gasteiger partial charge on any atom is 0.186 e. The van der Waals surface area contributed by atoms with Crippen LogP contribution in [0, 0.1) is 0 Å². The highest BCUT2D eigenvalue weighted by molar-refractivity contribution is 4.90. The SMILES string of the molecule is CO[C@@H]1O[C@@H](C)C[C@@](C)(O)[C@H]1O. The van der Waals surface area contributed by atoms with Crippen LogP contribution in [0.3, 0.4) is 0 Å². The molecule has 1 aliphatic rings. The molecular formula is C8H16O4. The molecule has 0 aromatic heterocycles. The molecule has 1 rings (SSSR count). The van der Waals surface area contributed by atoms with Crippen molar-refractivity contribution in [2.45, 2.75) is 44.4 Å². The Morgan fingerprint density at radius 3 is 2.67 bits per heavy atom. The number of hydrogen-bond donors (Lipinski definition) is 2. The lowest BCUT2D eigenvalue weighted by Gasteiger charge is -2.41. The third kappa shape index (κ3) is 1.77. The second-order valence-electron chi connectivity index (χ2n) is 3.56. The van der Waals surface area contributed by atoms with E-state index in [1.54, 1.807) is 6.92 Å². The van der Waals surface area contributed by atoms with Crippen LogP contribution < -0.4 is 0 Å². The van der Waals surface area contributed by atoms with Crippen LogP contribution in [0.1, 0.15) is 20.3 Å². The second-order valence-corrected chi connectivity index (χ2v) is 3.56. The Hall–Kier alpha value is -0.160. The number of ether oxygens (including phenoxy) is 2. The summed E-state index contributed by atoms with van der Waals surface area (Å²) in [4.78, 5) is 0. The largest absolute Gasteiger partial charge is 0.387 e. The van der Waals surface area contributed by atoms with Gasteiger partial charge in [-0.05, 0) is 13.8 Å². The average Bonchev–Trinajstić information content (AvgIpc) is 1.96. The van der Waals surface area contributed by atoms with Gasteiger partial charge in [0, 0.05) is 13.5 Å². The van der Waals surface area contributed by atoms with E-state index in [1.165, 1.54) is 7.11 Å². The highest BCUT2D eigenvalue weighted by Crippen LogP contribution is 2.28. The van der Waals surface area contributed by atoms with Gasteiger partial charge in [0.25, 0.3) is 0 Å². The number of aliphatic hydroxyl groups excluding tert-OH is 1. The van der Waals surface area contributed by atoms with E-state index in [4.69, 9.17) is 9.47 Å². The fourth-order valence-electron chi connectivity index (χ4n) is 1.53. The summed E-state index contributed by atoms with van der Waals surface area (Å²) in [5, 5.41) is 19.2. The number of rotatable bonds is 1. The molecular weight excluding hydrogens is 160 g/mol. The van der Waals surface area contributed by atoms with Crippen molar-refractivity contribution in [3.63, 3.8) is 0 Å². The summed E-state index contributed by atoms with van der Waals surface area (Å²) in [7, 11) is 1.45. The minimum Gasteiger partial charge on any atom is -0.387 e. The fraction of sp³-hybridized carbons (Fsp3) is 1.00. The Labute approximate surface area is 72.1 Å². The van der Waals surface area contributed by atoms with E-state index in [0.29, 0.717) is 6.42 Å². The molecule has 4 nitrogen and oxygen atoms in total. The van der Waals surface area contributed by atoms with Gasteiger partial charge in [0.1, 0.15) is 6.10 Å². The number of aliphatic hydroxyl groups is 2. The molecule has 1 heterocycles. The minimum atomic E-state index is -1.11. The Balaban J connectivity index is 2.68. The maximum atomic E-state index is 9.70. The van der Waals surface area contributed by atoms with Gasteiger partial charge < -0.3 is 19.7 Å². The van der Waals surface area contributed by atoms with Crippen LogP contribution in [0.4, 0.5) is 0 Å². The number of hydrogen-bond acceptors (Lipinski definition) is 4. The van der Waals surface area contributed by atoms with E-state index in [-0.39, 0.29) is 6.10 Å². The first-order valence-corrected chi connectivity index (χ1v) is 4.06. The van der Waals surface area contributed by atoms with Crippen LogP contribution >= 0.6 is 0 Å². The molecule has 0 unspecified atom stereocenters. The molecule has 0 bridgehead atoms. The average molecular weight is 176 g/mol. The van der Waals surface area contributed by atoms with Gasteiger partial charge >= 0.3 is 0 Å². The molecule has 2 N–H and O–H groups in total. The van der Waals surface area contributed by atoms with E-state index in [1.807, 2.05) is 6.92 Å². The molecule has 1 saturated heterocycles. The zero-order valence-electron chi connectivity index (χ0n) is 7.65. The Morgan fingerprint density at radius 1 is 1.58 bits per heavy atom. The van der Waals surface area contributed by atoms with Gasteiger partial charge in [0.2, 0.25) is 0 Å². The van der Waals surface area contributed by atoms with Gasteiger partial charge in [-0.15, -0.1) is 0 Å². The molecule has 1 fully saturated rings. The van der Waals surface area contributed by atoms with Gasteiger partial charge in [-0.2, -0.15) is 0 Å². The van der Waals surface area contributed by atoms with Crippen molar-refractivity contribution < 1.29 is 19.7 Å². The smallest absolute Gasteiger partial charge is 0.186 e. The molecule has 0 radical (unpaired) electrons. The van der Waals surface area contributed by atoms with Gasteiger partial charge in [0.05, 0.1) is 11.7 Å². The van der Waals surface area contributed by atoms with Crippen LogP contribution in [0.15, 0.2) is 0 Å². The molecule has 0 aliphatic carbocycles. The molecule has 1 aliphatic heterocycles. The topological polar surface area (TPSA) is 58.9 Å². The lowest BCUT2D eigenvalue weighted by molar-refractivity contribution is -0.280. The second kappa shape index (κ2) is 3.30. The zero-order valence-corrected chi connectivity index (χ0v) is 7.65. The van der Waals surface area contributed by atoms with Gasteiger partial charge in [-0.3, -0.25) is 0 Å². The third-order valence-corrected chi connectivity index (χ3v) is 2.19. The van der Waals surface area contributed by atoms with Crippen LogP contribution in [-0.2, 0) is 9.47 Å². The quantitative estimate of drug-likeness (QED) is 0.584. The molecule has 72 valence electrons. The summed E-state index contributed by atoms with van der Waals surface area (Å²) in [6.07, 6.45) is -1.36. The molecule has 12 heavy (non-hydrogen) atoms.